The van der Waals surface area contributed by atoms with E-state index in [-0.39, 0.29) is 15.0 Å². The molecule has 0 N–H and O–H groups in total. The van der Waals surface area contributed by atoms with E-state index in [9.17, 15) is 12.9 Å². The SMILES string of the molecule is F[B-](F)(F)c1cccc([Se]Cc2ccccc2)c1. The fraction of sp³-hybridized carbons (Fsp3) is 0.0769. The molecule has 0 amide bonds. The third-order valence-electron chi connectivity index (χ3n) is 2.48. The Balaban J connectivity index is 2.06. The zero-order valence-corrected chi connectivity index (χ0v) is 11.2. The first-order valence-electron chi connectivity index (χ1n) is 5.52. The summed E-state index contributed by atoms with van der Waals surface area (Å²) in [7, 11) is 0. The van der Waals surface area contributed by atoms with E-state index in [0.717, 1.165) is 15.8 Å². The van der Waals surface area contributed by atoms with Crippen molar-refractivity contribution in [2.24, 2.45) is 0 Å². The summed E-state index contributed by atoms with van der Waals surface area (Å²) in [6.07, 6.45) is 0. The van der Waals surface area contributed by atoms with Crippen LogP contribution in [0.5, 0.6) is 0 Å². The summed E-state index contributed by atoms with van der Waals surface area (Å²) in [6.45, 7) is -4.89. The van der Waals surface area contributed by atoms with Crippen molar-refractivity contribution in [3.05, 3.63) is 60.2 Å². The average molecular weight is 314 g/mol. The second-order valence-electron chi connectivity index (χ2n) is 3.92. The van der Waals surface area contributed by atoms with Gasteiger partial charge >= 0.3 is 110 Å². The topological polar surface area (TPSA) is 0 Å². The predicted octanol–water partition coefficient (Wildman–Crippen LogP) is 2.27. The van der Waals surface area contributed by atoms with E-state index in [1.165, 1.54) is 17.7 Å². The van der Waals surface area contributed by atoms with Crippen LogP contribution in [0.15, 0.2) is 54.6 Å². The van der Waals surface area contributed by atoms with Crippen LogP contribution in [-0.2, 0) is 5.32 Å². The fourth-order valence-corrected chi connectivity index (χ4v) is 3.48. The van der Waals surface area contributed by atoms with Crippen molar-refractivity contribution < 1.29 is 12.9 Å². The molecule has 5 heteroatoms. The Labute approximate surface area is 110 Å². The second kappa shape index (κ2) is 5.64. The molecule has 0 unspecified atom stereocenters. The van der Waals surface area contributed by atoms with Gasteiger partial charge in [0, 0.05) is 0 Å². The van der Waals surface area contributed by atoms with Gasteiger partial charge in [-0.15, -0.1) is 0 Å². The first-order chi connectivity index (χ1) is 8.55. The van der Waals surface area contributed by atoms with E-state index >= 15 is 0 Å². The molecule has 0 aliphatic heterocycles. The third-order valence-corrected chi connectivity index (χ3v) is 4.72. The van der Waals surface area contributed by atoms with Gasteiger partial charge in [0.1, 0.15) is 0 Å². The molecule has 2 aromatic carbocycles. The van der Waals surface area contributed by atoms with Crippen LogP contribution >= 0.6 is 0 Å². The van der Waals surface area contributed by atoms with Crippen LogP contribution in [0.1, 0.15) is 5.56 Å². The van der Waals surface area contributed by atoms with Gasteiger partial charge in [-0.05, 0) is 0 Å². The van der Waals surface area contributed by atoms with E-state index in [2.05, 4.69) is 0 Å². The van der Waals surface area contributed by atoms with Crippen LogP contribution in [0.4, 0.5) is 12.9 Å². The Morgan fingerprint density at radius 1 is 0.889 bits per heavy atom. The Morgan fingerprint density at radius 2 is 1.61 bits per heavy atom. The standard InChI is InChI=1S/C13H11BF3Se/c15-14(16,17)12-7-4-8-13(9-12)18-10-11-5-2-1-3-6-11/h1-9H,10H2/q-1. The van der Waals surface area contributed by atoms with E-state index in [1.807, 2.05) is 30.3 Å². The monoisotopic (exact) mass is 315 g/mol. The van der Waals surface area contributed by atoms with Crippen LogP contribution < -0.4 is 9.92 Å². The summed E-state index contributed by atoms with van der Waals surface area (Å²) >= 11 is 0.0404. The van der Waals surface area contributed by atoms with Gasteiger partial charge in [0.15, 0.2) is 0 Å². The molecule has 0 heterocycles. The summed E-state index contributed by atoms with van der Waals surface area (Å²) in [5, 5.41) is 0.822. The van der Waals surface area contributed by atoms with Crippen molar-refractivity contribution in [1.82, 2.24) is 0 Å². The fourth-order valence-electron chi connectivity index (χ4n) is 1.55. The molecular weight excluding hydrogens is 303 g/mol. The molecule has 0 radical (unpaired) electrons. The maximum atomic E-state index is 12.6. The van der Waals surface area contributed by atoms with E-state index < -0.39 is 12.4 Å². The molecule has 18 heavy (non-hydrogen) atoms. The molecule has 0 aliphatic carbocycles. The van der Waals surface area contributed by atoms with Crippen LogP contribution in [0.3, 0.4) is 0 Å². The zero-order valence-electron chi connectivity index (χ0n) is 9.52. The van der Waals surface area contributed by atoms with Gasteiger partial charge in [-0.25, -0.2) is 0 Å². The van der Waals surface area contributed by atoms with E-state index in [1.54, 1.807) is 6.07 Å². The summed E-state index contributed by atoms with van der Waals surface area (Å²) in [6, 6.07) is 15.5. The van der Waals surface area contributed by atoms with Crippen molar-refractivity contribution in [3.8, 4) is 0 Å². The summed E-state index contributed by atoms with van der Waals surface area (Å²) in [4.78, 5) is 0. The molecular formula is C13H11BF3Se-. The number of halogens is 3. The van der Waals surface area contributed by atoms with Crippen molar-refractivity contribution in [3.63, 3.8) is 0 Å². The quantitative estimate of drug-likeness (QED) is 0.760. The summed E-state index contributed by atoms with van der Waals surface area (Å²) in [5.41, 5.74) is 0.669. The van der Waals surface area contributed by atoms with Gasteiger partial charge in [0.2, 0.25) is 0 Å². The zero-order chi connectivity index (χ0) is 13.0. The predicted molar refractivity (Wildman–Crippen MR) is 70.7 cm³/mol. The van der Waals surface area contributed by atoms with Crippen LogP contribution in [0, 0.1) is 0 Å². The van der Waals surface area contributed by atoms with Crippen LogP contribution in [0.2, 0.25) is 0 Å². The molecule has 0 saturated heterocycles. The van der Waals surface area contributed by atoms with Crippen molar-refractivity contribution >= 4 is 31.9 Å². The van der Waals surface area contributed by atoms with Gasteiger partial charge in [-0.3, -0.25) is 0 Å². The molecule has 0 saturated carbocycles. The molecule has 0 aromatic heterocycles. The minimum atomic E-state index is -4.89. The van der Waals surface area contributed by atoms with Gasteiger partial charge in [-0.2, -0.15) is 0 Å². The van der Waals surface area contributed by atoms with Crippen molar-refractivity contribution in [2.45, 2.75) is 5.32 Å². The molecule has 94 valence electrons. The first-order valence-corrected chi connectivity index (χ1v) is 7.59. The average Bonchev–Trinajstić information content (AvgIpc) is 2.37. The van der Waals surface area contributed by atoms with Gasteiger partial charge in [-0.1, -0.05) is 0 Å². The van der Waals surface area contributed by atoms with Crippen LogP contribution in [0.25, 0.3) is 0 Å². The number of hydrogen-bond donors (Lipinski definition) is 0. The Kier molecular flexibility index (Phi) is 4.15. The molecule has 2 aromatic rings. The second-order valence-corrected chi connectivity index (χ2v) is 6.12. The number of rotatable bonds is 4. The van der Waals surface area contributed by atoms with Crippen LogP contribution in [-0.4, -0.2) is 21.9 Å². The maximum absolute atomic E-state index is 12.6. The molecule has 0 atom stereocenters. The third kappa shape index (κ3) is 3.65. The molecule has 0 fully saturated rings. The van der Waals surface area contributed by atoms with Gasteiger partial charge in [0.05, 0.1) is 0 Å². The molecule has 0 spiro atoms. The van der Waals surface area contributed by atoms with E-state index in [4.69, 9.17) is 0 Å². The van der Waals surface area contributed by atoms with Crippen molar-refractivity contribution in [1.29, 1.82) is 0 Å². The Hall–Kier alpha value is -1.19. The van der Waals surface area contributed by atoms with Gasteiger partial charge in [0.25, 0.3) is 0 Å². The Bertz CT molecular complexity index is 511. The summed E-state index contributed by atoms with van der Waals surface area (Å²) in [5.74, 6) is 0. The van der Waals surface area contributed by atoms with E-state index in [0.29, 0.717) is 0 Å². The van der Waals surface area contributed by atoms with Gasteiger partial charge < -0.3 is 0 Å². The van der Waals surface area contributed by atoms with Crippen molar-refractivity contribution in [2.75, 3.05) is 0 Å². The Morgan fingerprint density at radius 3 is 2.28 bits per heavy atom. The molecule has 0 nitrogen and oxygen atoms in total. The molecule has 2 rings (SSSR count). The minimum absolute atomic E-state index is 0.0404. The molecule has 0 aliphatic rings. The molecule has 0 bridgehead atoms. The summed E-state index contributed by atoms with van der Waals surface area (Å²) < 4.78 is 38.6. The number of hydrogen-bond acceptors (Lipinski definition) is 0. The number of benzene rings is 2. The normalized spacial score (nSPS) is 11.5. The first kappa shape index (κ1) is 13.3.